The molecular weight excluding hydrogens is 276 g/mol. The van der Waals surface area contributed by atoms with Gasteiger partial charge in [0.25, 0.3) is 0 Å². The van der Waals surface area contributed by atoms with Crippen LogP contribution in [-0.2, 0) is 11.2 Å². The van der Waals surface area contributed by atoms with Gasteiger partial charge in [0.1, 0.15) is 17.1 Å². The molecule has 0 saturated heterocycles. The average molecular weight is 300 g/mol. The van der Waals surface area contributed by atoms with Crippen molar-refractivity contribution in [3.63, 3.8) is 0 Å². The highest BCUT2D eigenvalue weighted by Crippen LogP contribution is 2.28. The molecule has 0 aromatic heterocycles. The Bertz CT molecular complexity index is 632. The van der Waals surface area contributed by atoms with E-state index in [4.69, 9.17) is 5.73 Å². The van der Waals surface area contributed by atoms with Crippen LogP contribution in [0.1, 0.15) is 39.2 Å². The number of phenols is 1. The molecule has 1 atom stereocenters. The number of allylic oxidation sites excluding steroid dienone is 1. The Morgan fingerprint density at radius 2 is 2.14 bits per heavy atom. The molecule has 1 heterocycles. The molecule has 0 fully saturated rings. The van der Waals surface area contributed by atoms with E-state index in [9.17, 15) is 9.90 Å². The molecule has 3 N–H and O–H groups in total. The summed E-state index contributed by atoms with van der Waals surface area (Å²) in [5.41, 5.74) is 7.15. The van der Waals surface area contributed by atoms with E-state index in [2.05, 4.69) is 18.8 Å². The van der Waals surface area contributed by atoms with Gasteiger partial charge in [0.2, 0.25) is 0 Å². The van der Waals surface area contributed by atoms with Gasteiger partial charge in [0, 0.05) is 6.42 Å². The molecule has 4 heteroatoms. The first-order chi connectivity index (χ1) is 10.3. The van der Waals surface area contributed by atoms with Crippen molar-refractivity contribution in [1.82, 2.24) is 0 Å². The number of carbonyl (C=O) groups is 1. The van der Waals surface area contributed by atoms with Crippen LogP contribution in [-0.4, -0.2) is 22.3 Å². The van der Waals surface area contributed by atoms with Crippen molar-refractivity contribution in [2.24, 2.45) is 16.6 Å². The number of hydrogen-bond donors (Lipinski definition) is 2. The van der Waals surface area contributed by atoms with Gasteiger partial charge in [-0.2, -0.15) is 0 Å². The van der Waals surface area contributed by atoms with Crippen LogP contribution >= 0.6 is 0 Å². The number of carbonyl (C=O) groups excluding carboxylic acids is 1. The number of aromatic hydroxyl groups is 1. The van der Waals surface area contributed by atoms with Gasteiger partial charge in [0.05, 0.1) is 0 Å². The SMILES string of the molecule is CC(C)CC1(C)N=C(N)C=C(Cc2cccc(O)c2)CC1=O. The van der Waals surface area contributed by atoms with E-state index in [1.807, 2.05) is 13.0 Å². The minimum absolute atomic E-state index is 0.105. The second-order valence-corrected chi connectivity index (χ2v) is 6.66. The lowest BCUT2D eigenvalue weighted by Gasteiger charge is -2.25. The predicted molar refractivity (Wildman–Crippen MR) is 89.0 cm³/mol. The lowest BCUT2D eigenvalue weighted by Crippen LogP contribution is -2.36. The zero-order valence-electron chi connectivity index (χ0n) is 13.5. The third-order valence-electron chi connectivity index (χ3n) is 3.86. The molecule has 1 unspecified atom stereocenters. The van der Waals surface area contributed by atoms with Crippen molar-refractivity contribution in [3.8, 4) is 5.75 Å². The number of rotatable bonds is 4. The predicted octanol–water partition coefficient (Wildman–Crippen LogP) is 3.00. The van der Waals surface area contributed by atoms with Gasteiger partial charge >= 0.3 is 0 Å². The van der Waals surface area contributed by atoms with Crippen LogP contribution in [0.4, 0.5) is 0 Å². The number of nitrogens with zero attached hydrogens (tertiary/aromatic N) is 1. The van der Waals surface area contributed by atoms with E-state index in [0.717, 1.165) is 11.1 Å². The second kappa shape index (κ2) is 6.34. The molecule has 118 valence electrons. The molecule has 1 aromatic rings. The van der Waals surface area contributed by atoms with Gasteiger partial charge < -0.3 is 10.8 Å². The zero-order chi connectivity index (χ0) is 16.3. The summed E-state index contributed by atoms with van der Waals surface area (Å²) in [6.45, 7) is 6.03. The van der Waals surface area contributed by atoms with E-state index in [-0.39, 0.29) is 11.5 Å². The van der Waals surface area contributed by atoms with Crippen LogP contribution < -0.4 is 5.73 Å². The molecule has 0 spiro atoms. The molecule has 22 heavy (non-hydrogen) atoms. The molecule has 0 saturated carbocycles. The molecule has 1 aliphatic rings. The second-order valence-electron chi connectivity index (χ2n) is 6.66. The summed E-state index contributed by atoms with van der Waals surface area (Å²) >= 11 is 0. The standard InChI is InChI=1S/C18H24N2O2/c1-12(2)11-18(3)16(22)9-14(10-17(19)20-18)7-13-5-4-6-15(21)8-13/h4-6,8,10,12,21H,7,9,11H2,1-3H3,(H2,19,20). The molecule has 0 aliphatic carbocycles. The molecule has 0 radical (unpaired) electrons. The van der Waals surface area contributed by atoms with Crippen molar-refractivity contribution < 1.29 is 9.90 Å². The molecule has 0 amide bonds. The fraction of sp³-hybridized carbons (Fsp3) is 0.444. The Labute approximate surface area is 131 Å². The Morgan fingerprint density at radius 1 is 1.41 bits per heavy atom. The Balaban J connectivity index is 2.21. The number of benzene rings is 1. The van der Waals surface area contributed by atoms with Crippen LogP contribution in [0.2, 0.25) is 0 Å². The number of hydrogen-bond acceptors (Lipinski definition) is 4. The maximum absolute atomic E-state index is 12.6. The summed E-state index contributed by atoms with van der Waals surface area (Å²) in [5.74, 6) is 1.11. The highest BCUT2D eigenvalue weighted by Gasteiger charge is 2.35. The van der Waals surface area contributed by atoms with Gasteiger partial charge in [0.15, 0.2) is 5.78 Å². The molecular formula is C18H24N2O2. The first-order valence-corrected chi connectivity index (χ1v) is 7.64. The highest BCUT2D eigenvalue weighted by molar-refractivity contribution is 6.00. The van der Waals surface area contributed by atoms with Gasteiger partial charge in [-0.15, -0.1) is 0 Å². The molecule has 1 aliphatic heterocycles. The number of ketones is 1. The number of phenolic OH excluding ortho intramolecular Hbond substituents is 1. The molecule has 4 nitrogen and oxygen atoms in total. The van der Waals surface area contributed by atoms with Crippen molar-refractivity contribution in [3.05, 3.63) is 41.5 Å². The van der Waals surface area contributed by atoms with Crippen molar-refractivity contribution in [2.45, 2.75) is 45.6 Å². The summed E-state index contributed by atoms with van der Waals surface area (Å²) < 4.78 is 0. The van der Waals surface area contributed by atoms with E-state index < -0.39 is 5.54 Å². The minimum Gasteiger partial charge on any atom is -0.508 e. The van der Waals surface area contributed by atoms with Crippen molar-refractivity contribution in [1.29, 1.82) is 0 Å². The number of amidine groups is 1. The average Bonchev–Trinajstić information content (AvgIpc) is 2.45. The Morgan fingerprint density at radius 3 is 2.77 bits per heavy atom. The van der Waals surface area contributed by atoms with Crippen molar-refractivity contribution in [2.75, 3.05) is 0 Å². The normalized spacial score (nSPS) is 22.3. The lowest BCUT2D eigenvalue weighted by molar-refractivity contribution is -0.123. The molecule has 0 bridgehead atoms. The third-order valence-corrected chi connectivity index (χ3v) is 3.86. The highest BCUT2D eigenvalue weighted by atomic mass is 16.3. The van der Waals surface area contributed by atoms with Gasteiger partial charge in [-0.1, -0.05) is 31.6 Å². The fourth-order valence-corrected chi connectivity index (χ4v) is 3.03. The Kier molecular flexibility index (Phi) is 4.69. The summed E-state index contributed by atoms with van der Waals surface area (Å²) in [7, 11) is 0. The van der Waals surface area contributed by atoms with Crippen molar-refractivity contribution >= 4 is 11.6 Å². The Hall–Kier alpha value is -2.10. The quantitative estimate of drug-likeness (QED) is 0.897. The summed E-state index contributed by atoms with van der Waals surface area (Å²) in [6, 6.07) is 7.06. The van der Waals surface area contributed by atoms with E-state index in [0.29, 0.717) is 31.0 Å². The topological polar surface area (TPSA) is 75.7 Å². The van der Waals surface area contributed by atoms with Gasteiger partial charge in [-0.05, 0) is 49.5 Å². The maximum atomic E-state index is 12.6. The van der Waals surface area contributed by atoms with E-state index in [1.165, 1.54) is 0 Å². The van der Waals surface area contributed by atoms with Crippen LogP contribution in [0.25, 0.3) is 0 Å². The maximum Gasteiger partial charge on any atom is 0.164 e. The number of aliphatic imine (C=N–C) groups is 1. The van der Waals surface area contributed by atoms with Gasteiger partial charge in [-0.25, -0.2) is 0 Å². The van der Waals surface area contributed by atoms with Crippen LogP contribution in [0.3, 0.4) is 0 Å². The molecule has 2 rings (SSSR count). The first kappa shape index (κ1) is 16.3. The first-order valence-electron chi connectivity index (χ1n) is 7.64. The smallest absolute Gasteiger partial charge is 0.164 e. The number of nitrogens with two attached hydrogens (primary N) is 1. The fourth-order valence-electron chi connectivity index (χ4n) is 3.03. The zero-order valence-corrected chi connectivity index (χ0v) is 13.5. The van der Waals surface area contributed by atoms with E-state index >= 15 is 0 Å². The monoisotopic (exact) mass is 300 g/mol. The molecule has 1 aromatic carbocycles. The third kappa shape index (κ3) is 3.97. The summed E-state index contributed by atoms with van der Waals surface area (Å²) in [5, 5.41) is 9.55. The summed E-state index contributed by atoms with van der Waals surface area (Å²) in [4.78, 5) is 17.1. The van der Waals surface area contributed by atoms with Gasteiger partial charge in [-0.3, -0.25) is 9.79 Å². The largest absolute Gasteiger partial charge is 0.508 e. The lowest BCUT2D eigenvalue weighted by atomic mass is 9.84. The summed E-state index contributed by atoms with van der Waals surface area (Å²) in [6.07, 6.45) is 3.44. The van der Waals surface area contributed by atoms with E-state index in [1.54, 1.807) is 24.3 Å². The minimum atomic E-state index is -0.741. The number of Topliss-reactive ketones (excluding diaryl/α,β-unsaturated/α-hetero) is 1. The van der Waals surface area contributed by atoms with Crippen LogP contribution in [0, 0.1) is 5.92 Å². The van der Waals surface area contributed by atoms with Crippen LogP contribution in [0.5, 0.6) is 5.75 Å². The van der Waals surface area contributed by atoms with Crippen LogP contribution in [0.15, 0.2) is 40.9 Å².